The fourth-order valence-electron chi connectivity index (χ4n) is 0.688. The first-order valence-corrected chi connectivity index (χ1v) is 3.18. The van der Waals surface area contributed by atoms with Crippen molar-refractivity contribution in [2.75, 3.05) is 0 Å². The van der Waals surface area contributed by atoms with Gasteiger partial charge >= 0.3 is 0 Å². The molecule has 0 amide bonds. The quantitative estimate of drug-likeness (QED) is 0.570. The predicted molar refractivity (Wildman–Crippen MR) is 40.3 cm³/mol. The molecule has 1 heteroatoms. The lowest BCUT2D eigenvalue weighted by molar-refractivity contribution is 0.132. The SMILES string of the molecule is C=CC(O)(C=C)CCC. The Balaban J connectivity index is 3.91. The maximum absolute atomic E-state index is 9.39. The Morgan fingerprint density at radius 1 is 1.44 bits per heavy atom. The lowest BCUT2D eigenvalue weighted by Gasteiger charge is -2.17. The van der Waals surface area contributed by atoms with Gasteiger partial charge in [0.15, 0.2) is 0 Å². The molecule has 0 aromatic heterocycles. The van der Waals surface area contributed by atoms with E-state index in [0.29, 0.717) is 6.42 Å². The van der Waals surface area contributed by atoms with Crippen molar-refractivity contribution in [2.45, 2.75) is 25.4 Å². The van der Waals surface area contributed by atoms with Gasteiger partial charge in [0.1, 0.15) is 5.60 Å². The normalized spacial score (nSPS) is 10.9. The number of rotatable bonds is 4. The molecule has 1 N–H and O–H groups in total. The summed E-state index contributed by atoms with van der Waals surface area (Å²) in [6, 6.07) is 0. The summed E-state index contributed by atoms with van der Waals surface area (Å²) in [5.41, 5.74) is -0.839. The van der Waals surface area contributed by atoms with Crippen LogP contribution in [0.2, 0.25) is 0 Å². The van der Waals surface area contributed by atoms with Crippen LogP contribution < -0.4 is 0 Å². The Kier molecular flexibility index (Phi) is 3.25. The summed E-state index contributed by atoms with van der Waals surface area (Å²) in [7, 11) is 0. The van der Waals surface area contributed by atoms with E-state index in [1.54, 1.807) is 0 Å². The van der Waals surface area contributed by atoms with Gasteiger partial charge in [0.05, 0.1) is 0 Å². The summed E-state index contributed by atoms with van der Waals surface area (Å²) < 4.78 is 0. The molecule has 0 aliphatic heterocycles. The van der Waals surface area contributed by atoms with Gasteiger partial charge in [0.2, 0.25) is 0 Å². The Bertz CT molecular complexity index is 97.1. The molecule has 0 aliphatic rings. The van der Waals surface area contributed by atoms with E-state index in [2.05, 4.69) is 13.2 Å². The molecule has 0 aromatic carbocycles. The lowest BCUT2D eigenvalue weighted by atomic mass is 9.99. The highest BCUT2D eigenvalue weighted by Crippen LogP contribution is 2.13. The highest BCUT2D eigenvalue weighted by molar-refractivity contribution is 5.07. The van der Waals surface area contributed by atoms with Gasteiger partial charge in [0, 0.05) is 0 Å². The molecule has 0 aromatic rings. The third-order valence-corrected chi connectivity index (χ3v) is 1.36. The molecule has 0 unspecified atom stereocenters. The van der Waals surface area contributed by atoms with Crippen LogP contribution in [0.5, 0.6) is 0 Å². The molecule has 0 saturated carbocycles. The molecule has 0 aliphatic carbocycles. The average molecular weight is 126 g/mol. The van der Waals surface area contributed by atoms with Crippen molar-refractivity contribution >= 4 is 0 Å². The van der Waals surface area contributed by atoms with Crippen LogP contribution in [-0.4, -0.2) is 10.7 Å². The van der Waals surface area contributed by atoms with E-state index in [0.717, 1.165) is 6.42 Å². The van der Waals surface area contributed by atoms with Crippen molar-refractivity contribution in [1.82, 2.24) is 0 Å². The van der Waals surface area contributed by atoms with Crippen molar-refractivity contribution in [3.63, 3.8) is 0 Å². The minimum absolute atomic E-state index is 0.708. The van der Waals surface area contributed by atoms with Crippen molar-refractivity contribution in [3.05, 3.63) is 25.3 Å². The van der Waals surface area contributed by atoms with Gasteiger partial charge in [0.25, 0.3) is 0 Å². The molecule has 0 bridgehead atoms. The number of aliphatic hydroxyl groups is 1. The first-order chi connectivity index (χ1) is 4.18. The highest BCUT2D eigenvalue weighted by Gasteiger charge is 2.14. The number of hydrogen-bond donors (Lipinski definition) is 1. The first-order valence-electron chi connectivity index (χ1n) is 3.18. The predicted octanol–water partition coefficient (Wildman–Crippen LogP) is 1.89. The van der Waals surface area contributed by atoms with Crippen LogP contribution in [0.15, 0.2) is 25.3 Å². The van der Waals surface area contributed by atoms with Crippen LogP contribution in [0.25, 0.3) is 0 Å². The lowest BCUT2D eigenvalue weighted by Crippen LogP contribution is -2.20. The molecule has 0 spiro atoms. The van der Waals surface area contributed by atoms with E-state index in [1.807, 2.05) is 6.92 Å². The number of hydrogen-bond acceptors (Lipinski definition) is 1. The largest absolute Gasteiger partial charge is 0.382 e. The molecule has 52 valence electrons. The maximum Gasteiger partial charge on any atom is 0.100 e. The van der Waals surface area contributed by atoms with E-state index in [9.17, 15) is 5.11 Å². The molecule has 9 heavy (non-hydrogen) atoms. The van der Waals surface area contributed by atoms with Gasteiger partial charge in [-0.3, -0.25) is 0 Å². The van der Waals surface area contributed by atoms with Gasteiger partial charge < -0.3 is 5.11 Å². The van der Waals surface area contributed by atoms with Crippen LogP contribution in [0, 0.1) is 0 Å². The van der Waals surface area contributed by atoms with Crippen molar-refractivity contribution in [1.29, 1.82) is 0 Å². The summed E-state index contributed by atoms with van der Waals surface area (Å²) in [4.78, 5) is 0. The molecule has 0 saturated heterocycles. The van der Waals surface area contributed by atoms with Crippen LogP contribution in [0.3, 0.4) is 0 Å². The summed E-state index contributed by atoms with van der Waals surface area (Å²) in [5, 5.41) is 9.39. The molecule has 0 atom stereocenters. The Hall–Kier alpha value is -0.560. The van der Waals surface area contributed by atoms with Crippen LogP contribution in [0.1, 0.15) is 19.8 Å². The van der Waals surface area contributed by atoms with Crippen molar-refractivity contribution < 1.29 is 5.11 Å². The molecule has 0 fully saturated rings. The molecular formula is C8H14O. The minimum Gasteiger partial charge on any atom is -0.382 e. The average Bonchev–Trinajstić information content (AvgIpc) is 1.89. The minimum atomic E-state index is -0.839. The highest BCUT2D eigenvalue weighted by atomic mass is 16.3. The molecular weight excluding hydrogens is 112 g/mol. The van der Waals surface area contributed by atoms with E-state index >= 15 is 0 Å². The zero-order chi connectivity index (χ0) is 7.33. The van der Waals surface area contributed by atoms with Crippen LogP contribution in [-0.2, 0) is 0 Å². The van der Waals surface area contributed by atoms with Gasteiger partial charge in [-0.1, -0.05) is 38.7 Å². The Labute approximate surface area is 56.7 Å². The van der Waals surface area contributed by atoms with Crippen molar-refractivity contribution in [2.24, 2.45) is 0 Å². The van der Waals surface area contributed by atoms with Gasteiger partial charge in [-0.05, 0) is 6.42 Å². The van der Waals surface area contributed by atoms with Gasteiger partial charge in [-0.25, -0.2) is 0 Å². The zero-order valence-corrected chi connectivity index (χ0v) is 5.93. The zero-order valence-electron chi connectivity index (χ0n) is 5.93. The van der Waals surface area contributed by atoms with E-state index in [4.69, 9.17) is 0 Å². The summed E-state index contributed by atoms with van der Waals surface area (Å²) in [6.07, 6.45) is 4.68. The maximum atomic E-state index is 9.39. The monoisotopic (exact) mass is 126 g/mol. The fraction of sp³-hybridized carbons (Fsp3) is 0.500. The Morgan fingerprint density at radius 3 is 2.00 bits per heavy atom. The van der Waals surface area contributed by atoms with E-state index in [-0.39, 0.29) is 0 Å². The van der Waals surface area contributed by atoms with Crippen LogP contribution >= 0.6 is 0 Å². The fourth-order valence-corrected chi connectivity index (χ4v) is 0.688. The molecule has 1 nitrogen and oxygen atoms in total. The van der Waals surface area contributed by atoms with E-state index in [1.165, 1.54) is 12.2 Å². The molecule has 0 rings (SSSR count). The topological polar surface area (TPSA) is 20.2 Å². The summed E-state index contributed by atoms with van der Waals surface area (Å²) >= 11 is 0. The van der Waals surface area contributed by atoms with E-state index < -0.39 is 5.60 Å². The molecule has 0 radical (unpaired) electrons. The summed E-state index contributed by atoms with van der Waals surface area (Å²) in [6.45, 7) is 9.01. The molecule has 0 heterocycles. The van der Waals surface area contributed by atoms with Gasteiger partial charge in [-0.2, -0.15) is 0 Å². The smallest absolute Gasteiger partial charge is 0.100 e. The third kappa shape index (κ3) is 2.47. The van der Waals surface area contributed by atoms with Crippen LogP contribution in [0.4, 0.5) is 0 Å². The second-order valence-electron chi connectivity index (χ2n) is 2.15. The second-order valence-corrected chi connectivity index (χ2v) is 2.15. The van der Waals surface area contributed by atoms with Gasteiger partial charge in [-0.15, -0.1) is 0 Å². The standard InChI is InChI=1S/C8H14O/c1-4-7-8(9,5-2)6-3/h5-6,9H,2-4,7H2,1H3. The third-order valence-electron chi connectivity index (χ3n) is 1.36. The summed E-state index contributed by atoms with van der Waals surface area (Å²) in [5.74, 6) is 0. The Morgan fingerprint density at radius 2 is 1.89 bits per heavy atom. The van der Waals surface area contributed by atoms with Crippen molar-refractivity contribution in [3.8, 4) is 0 Å². The first kappa shape index (κ1) is 8.44. The second kappa shape index (κ2) is 3.46.